The molecule has 0 N–H and O–H groups in total. The Morgan fingerprint density at radius 2 is 1.89 bits per heavy atom. The van der Waals surface area contributed by atoms with E-state index in [1.54, 1.807) is 24.1 Å². The number of benzene rings is 1. The van der Waals surface area contributed by atoms with Crippen LogP contribution in [-0.2, 0) is 17.8 Å². The van der Waals surface area contributed by atoms with Crippen LogP contribution in [-0.4, -0.2) is 17.9 Å². The highest BCUT2D eigenvalue weighted by Crippen LogP contribution is 2.12. The van der Waals surface area contributed by atoms with Crippen molar-refractivity contribution in [3.05, 3.63) is 58.5 Å². The van der Waals surface area contributed by atoms with Crippen molar-refractivity contribution < 1.29 is 9.21 Å². The summed E-state index contributed by atoms with van der Waals surface area (Å²) in [7, 11) is 1.77. The minimum Gasteiger partial charge on any atom is -0.464 e. The molecule has 0 aliphatic carbocycles. The summed E-state index contributed by atoms with van der Waals surface area (Å²) in [5, 5.41) is 0.676. The first kappa shape index (κ1) is 13.7. The minimum atomic E-state index is 0.0522. The number of halogens is 1. The first-order valence-electron chi connectivity index (χ1n) is 6.08. The molecule has 1 heterocycles. The summed E-state index contributed by atoms with van der Waals surface area (Å²) >= 11 is 5.81. The van der Waals surface area contributed by atoms with E-state index in [9.17, 15) is 4.79 Å². The second kappa shape index (κ2) is 5.93. The number of carbonyl (C=O) groups excluding carboxylic acids is 1. The highest BCUT2D eigenvalue weighted by molar-refractivity contribution is 6.30. The normalized spacial score (nSPS) is 10.5. The second-order valence-corrected chi connectivity index (χ2v) is 5.00. The van der Waals surface area contributed by atoms with Crippen LogP contribution in [0.25, 0.3) is 0 Å². The van der Waals surface area contributed by atoms with Gasteiger partial charge in [0.05, 0.1) is 13.0 Å². The number of hydrogen-bond acceptors (Lipinski definition) is 2. The molecule has 1 aromatic carbocycles. The molecule has 0 bridgehead atoms. The molecule has 0 spiro atoms. The van der Waals surface area contributed by atoms with Gasteiger partial charge in [0, 0.05) is 12.1 Å². The first-order chi connectivity index (χ1) is 9.04. The van der Waals surface area contributed by atoms with Gasteiger partial charge in [-0.15, -0.1) is 0 Å². The quantitative estimate of drug-likeness (QED) is 0.858. The summed E-state index contributed by atoms with van der Waals surface area (Å²) in [5.74, 6) is 1.70. The number of likely N-dealkylation sites (N-methyl/N-ethyl adjacent to an activating group) is 1. The van der Waals surface area contributed by atoms with Crippen LogP contribution in [0.4, 0.5) is 0 Å². The molecule has 0 aliphatic rings. The third-order valence-electron chi connectivity index (χ3n) is 2.88. The Hall–Kier alpha value is -1.74. The molecule has 0 unspecified atom stereocenters. The maximum absolute atomic E-state index is 12.1. The van der Waals surface area contributed by atoms with Crippen molar-refractivity contribution in [1.29, 1.82) is 0 Å². The van der Waals surface area contributed by atoms with Crippen LogP contribution in [0.15, 0.2) is 40.8 Å². The topological polar surface area (TPSA) is 33.5 Å². The maximum atomic E-state index is 12.1. The molecule has 0 fully saturated rings. The fourth-order valence-electron chi connectivity index (χ4n) is 1.80. The molecule has 0 atom stereocenters. The zero-order chi connectivity index (χ0) is 13.8. The van der Waals surface area contributed by atoms with Crippen LogP contribution in [0.3, 0.4) is 0 Å². The molecule has 0 saturated carbocycles. The molecule has 0 saturated heterocycles. The van der Waals surface area contributed by atoms with Crippen molar-refractivity contribution in [3.63, 3.8) is 0 Å². The number of carbonyl (C=O) groups is 1. The fourth-order valence-corrected chi connectivity index (χ4v) is 1.93. The van der Waals surface area contributed by atoms with E-state index in [1.165, 1.54) is 0 Å². The lowest BCUT2D eigenvalue weighted by Gasteiger charge is -2.15. The molecular formula is C15H16ClNO2. The predicted molar refractivity (Wildman–Crippen MR) is 75.1 cm³/mol. The van der Waals surface area contributed by atoms with Crippen LogP contribution in [0, 0.1) is 6.92 Å². The first-order valence-corrected chi connectivity index (χ1v) is 6.46. The predicted octanol–water partition coefficient (Wildman–Crippen LogP) is 3.44. The van der Waals surface area contributed by atoms with Crippen molar-refractivity contribution in [2.24, 2.45) is 0 Å². The van der Waals surface area contributed by atoms with E-state index >= 15 is 0 Å². The summed E-state index contributed by atoms with van der Waals surface area (Å²) in [6.07, 6.45) is 0.368. The zero-order valence-corrected chi connectivity index (χ0v) is 11.8. The van der Waals surface area contributed by atoms with E-state index in [2.05, 4.69) is 0 Å². The van der Waals surface area contributed by atoms with Crippen molar-refractivity contribution >= 4 is 17.5 Å². The lowest BCUT2D eigenvalue weighted by Crippen LogP contribution is -2.27. The Morgan fingerprint density at radius 3 is 2.47 bits per heavy atom. The third-order valence-corrected chi connectivity index (χ3v) is 3.14. The van der Waals surface area contributed by atoms with Crippen molar-refractivity contribution in [3.8, 4) is 0 Å². The molecule has 1 amide bonds. The summed E-state index contributed by atoms with van der Waals surface area (Å²) in [4.78, 5) is 13.7. The lowest BCUT2D eigenvalue weighted by molar-refractivity contribution is -0.129. The van der Waals surface area contributed by atoms with Gasteiger partial charge in [-0.3, -0.25) is 4.79 Å². The molecule has 19 heavy (non-hydrogen) atoms. The van der Waals surface area contributed by atoms with Gasteiger partial charge >= 0.3 is 0 Å². The molecule has 3 nitrogen and oxygen atoms in total. The van der Waals surface area contributed by atoms with Gasteiger partial charge in [-0.25, -0.2) is 0 Å². The maximum Gasteiger partial charge on any atom is 0.227 e. The zero-order valence-electron chi connectivity index (χ0n) is 11.0. The van der Waals surface area contributed by atoms with Gasteiger partial charge in [-0.2, -0.15) is 0 Å². The summed E-state index contributed by atoms with van der Waals surface area (Å²) in [6, 6.07) is 11.1. The van der Waals surface area contributed by atoms with Crippen molar-refractivity contribution in [2.45, 2.75) is 19.9 Å². The van der Waals surface area contributed by atoms with E-state index in [1.807, 2.05) is 31.2 Å². The van der Waals surface area contributed by atoms with E-state index in [0.29, 0.717) is 18.0 Å². The molecule has 2 rings (SSSR count). The van der Waals surface area contributed by atoms with E-state index in [-0.39, 0.29) is 5.91 Å². The van der Waals surface area contributed by atoms with Gasteiger partial charge < -0.3 is 9.32 Å². The molecule has 0 radical (unpaired) electrons. The average molecular weight is 278 g/mol. The van der Waals surface area contributed by atoms with Gasteiger partial charge in [0.15, 0.2) is 0 Å². The van der Waals surface area contributed by atoms with Gasteiger partial charge in [0.2, 0.25) is 5.91 Å². The van der Waals surface area contributed by atoms with E-state index in [0.717, 1.165) is 17.1 Å². The standard InChI is InChI=1S/C15H16ClNO2/c1-11-3-8-14(19-11)10-17(2)15(18)9-12-4-6-13(16)7-5-12/h3-8H,9-10H2,1-2H3. The van der Waals surface area contributed by atoms with Gasteiger partial charge in [-0.1, -0.05) is 23.7 Å². The molecule has 100 valence electrons. The van der Waals surface area contributed by atoms with Crippen LogP contribution in [0.5, 0.6) is 0 Å². The monoisotopic (exact) mass is 277 g/mol. The van der Waals surface area contributed by atoms with Crippen molar-refractivity contribution in [1.82, 2.24) is 4.90 Å². The van der Waals surface area contributed by atoms with Crippen LogP contribution < -0.4 is 0 Å². The molecule has 1 aromatic heterocycles. The van der Waals surface area contributed by atoms with Crippen LogP contribution in [0.2, 0.25) is 5.02 Å². The number of amides is 1. The van der Waals surface area contributed by atoms with Gasteiger partial charge in [-0.05, 0) is 36.8 Å². The Bertz CT molecular complexity index is 560. The minimum absolute atomic E-state index is 0.0522. The Kier molecular flexibility index (Phi) is 4.27. The number of rotatable bonds is 4. The molecular weight excluding hydrogens is 262 g/mol. The Morgan fingerprint density at radius 1 is 1.21 bits per heavy atom. The van der Waals surface area contributed by atoms with Gasteiger partial charge in [0.25, 0.3) is 0 Å². The smallest absolute Gasteiger partial charge is 0.227 e. The number of furan rings is 1. The Balaban J connectivity index is 1.94. The fraction of sp³-hybridized carbons (Fsp3) is 0.267. The number of nitrogens with zero attached hydrogens (tertiary/aromatic N) is 1. The number of aryl methyl sites for hydroxylation is 1. The third kappa shape index (κ3) is 3.86. The molecule has 4 heteroatoms. The SMILES string of the molecule is Cc1ccc(CN(C)C(=O)Cc2ccc(Cl)cc2)o1. The van der Waals surface area contributed by atoms with Crippen LogP contribution >= 0.6 is 11.6 Å². The summed E-state index contributed by atoms with van der Waals surface area (Å²) in [5.41, 5.74) is 0.955. The highest BCUT2D eigenvalue weighted by atomic mass is 35.5. The summed E-state index contributed by atoms with van der Waals surface area (Å²) < 4.78 is 5.46. The van der Waals surface area contributed by atoms with Crippen molar-refractivity contribution in [2.75, 3.05) is 7.05 Å². The second-order valence-electron chi connectivity index (χ2n) is 4.57. The molecule has 2 aromatic rings. The number of hydrogen-bond donors (Lipinski definition) is 0. The summed E-state index contributed by atoms with van der Waals surface area (Å²) in [6.45, 7) is 2.37. The van der Waals surface area contributed by atoms with E-state index in [4.69, 9.17) is 16.0 Å². The molecule has 0 aliphatic heterocycles. The Labute approximate surface area is 117 Å². The van der Waals surface area contributed by atoms with Gasteiger partial charge in [0.1, 0.15) is 11.5 Å². The highest BCUT2D eigenvalue weighted by Gasteiger charge is 2.11. The lowest BCUT2D eigenvalue weighted by atomic mass is 10.1. The average Bonchev–Trinajstić information content (AvgIpc) is 2.77. The van der Waals surface area contributed by atoms with Crippen LogP contribution in [0.1, 0.15) is 17.1 Å². The largest absolute Gasteiger partial charge is 0.464 e. The van der Waals surface area contributed by atoms with E-state index < -0.39 is 0 Å².